The minimum atomic E-state index is -2.20. The fraction of sp³-hybridized carbons (Fsp3) is 0.722. The van der Waals surface area contributed by atoms with Gasteiger partial charge in [-0.15, -0.1) is 0 Å². The molecular weight excluding hydrogens is 413 g/mol. The first-order valence-electron chi connectivity index (χ1n) is 10.0. The summed E-state index contributed by atoms with van der Waals surface area (Å²) in [7, 11) is -2.20. The Labute approximate surface area is 176 Å². The van der Waals surface area contributed by atoms with Crippen LogP contribution in [-0.2, 0) is 13.8 Å². The lowest BCUT2D eigenvalue weighted by atomic mass is 10.0. The number of aliphatic hydroxyl groups is 2. The summed E-state index contributed by atoms with van der Waals surface area (Å²) in [4.78, 5) is 8.20. The fourth-order valence-electron chi connectivity index (χ4n) is 2.80. The second-order valence-electron chi connectivity index (χ2n) is 7.59. The number of hydrogen-bond acceptors (Lipinski definition) is 9. The standard InChI is InChI=1S/C18H32N5O6P/c1-5-12(3)30(27)29-18(4,6-2)7-8-28-17(13(25)9-24)22-10-20-14-15(19)23(26)11-21-16(14)22/h10-13,17,19,24-26,30H,5-9H2,1-4H3/p+1/t12?,13-,17?,18?/m1/s1. The summed E-state index contributed by atoms with van der Waals surface area (Å²) in [6.45, 7) is 7.33. The number of rotatable bonds is 12. The van der Waals surface area contributed by atoms with Crippen LogP contribution >= 0.6 is 8.03 Å². The molecule has 5 atom stereocenters. The minimum Gasteiger partial charge on any atom is -0.394 e. The van der Waals surface area contributed by atoms with E-state index < -0.39 is 32.6 Å². The highest BCUT2D eigenvalue weighted by Gasteiger charge is 2.30. The average molecular weight is 446 g/mol. The van der Waals surface area contributed by atoms with Gasteiger partial charge in [-0.2, -0.15) is 0 Å². The Morgan fingerprint density at radius 3 is 2.70 bits per heavy atom. The third-order valence-corrected chi connectivity index (χ3v) is 7.27. The third-order valence-electron chi connectivity index (χ3n) is 5.37. The molecule has 11 nitrogen and oxygen atoms in total. The van der Waals surface area contributed by atoms with Crippen molar-refractivity contribution >= 4 is 25.0 Å². The van der Waals surface area contributed by atoms with E-state index in [1.54, 1.807) is 0 Å². The van der Waals surface area contributed by atoms with E-state index in [4.69, 9.17) is 15.0 Å². The van der Waals surface area contributed by atoms with E-state index in [2.05, 4.69) is 9.97 Å². The molecule has 2 aromatic rings. The van der Waals surface area contributed by atoms with Crippen LogP contribution in [0.2, 0.25) is 0 Å². The second kappa shape index (κ2) is 10.5. The van der Waals surface area contributed by atoms with Gasteiger partial charge in [0.25, 0.3) is 12.1 Å². The molecule has 170 valence electrons. The molecular formula is C18H33N5O6P+. The smallest absolute Gasteiger partial charge is 0.289 e. The molecule has 0 radical (unpaired) electrons. The van der Waals surface area contributed by atoms with Gasteiger partial charge in [0.05, 0.1) is 18.8 Å². The van der Waals surface area contributed by atoms with E-state index in [1.807, 2.05) is 27.7 Å². The summed E-state index contributed by atoms with van der Waals surface area (Å²) in [5.41, 5.74) is 5.66. The number of ether oxygens (including phenoxy) is 1. The summed E-state index contributed by atoms with van der Waals surface area (Å²) < 4.78 is 26.2. The van der Waals surface area contributed by atoms with E-state index in [0.717, 1.165) is 12.7 Å². The van der Waals surface area contributed by atoms with Crippen LogP contribution in [0.3, 0.4) is 0 Å². The molecule has 0 saturated heterocycles. The Balaban J connectivity index is 2.16. The molecule has 0 aliphatic rings. The molecule has 12 heteroatoms. The minimum absolute atomic E-state index is 0.00566. The summed E-state index contributed by atoms with van der Waals surface area (Å²) in [6.07, 6.45) is 2.08. The van der Waals surface area contributed by atoms with Gasteiger partial charge in [-0.3, -0.25) is 9.13 Å². The van der Waals surface area contributed by atoms with Gasteiger partial charge in [-0.1, -0.05) is 30.5 Å². The number of anilines is 1. The van der Waals surface area contributed by atoms with Gasteiger partial charge in [-0.05, 0) is 19.8 Å². The summed E-state index contributed by atoms with van der Waals surface area (Å²) in [5, 5.41) is 29.4. The first-order chi connectivity index (χ1) is 14.2. The van der Waals surface area contributed by atoms with Crippen molar-refractivity contribution in [1.82, 2.24) is 14.5 Å². The number of nitrogens with two attached hydrogens (primary N) is 1. The molecule has 0 aliphatic carbocycles. The first-order valence-corrected chi connectivity index (χ1v) is 11.4. The molecule has 0 aliphatic heterocycles. The summed E-state index contributed by atoms with van der Waals surface area (Å²) in [5.74, 6) is -0.0156. The van der Waals surface area contributed by atoms with Gasteiger partial charge >= 0.3 is 0 Å². The Morgan fingerprint density at radius 1 is 1.40 bits per heavy atom. The van der Waals surface area contributed by atoms with E-state index in [9.17, 15) is 20.0 Å². The van der Waals surface area contributed by atoms with E-state index in [-0.39, 0.29) is 29.2 Å². The zero-order valence-electron chi connectivity index (χ0n) is 17.9. The van der Waals surface area contributed by atoms with Gasteiger partial charge in [0, 0.05) is 12.1 Å². The first kappa shape index (κ1) is 24.5. The lowest BCUT2D eigenvalue weighted by molar-refractivity contribution is -0.894. The number of fused-ring (bicyclic) bond motifs is 1. The van der Waals surface area contributed by atoms with Crippen LogP contribution in [-0.4, -0.2) is 60.5 Å². The molecule has 2 rings (SSSR count). The topological polar surface area (TPSA) is 157 Å². The van der Waals surface area contributed by atoms with Crippen LogP contribution in [0.4, 0.5) is 5.82 Å². The van der Waals surface area contributed by atoms with Crippen molar-refractivity contribution in [3.8, 4) is 0 Å². The van der Waals surface area contributed by atoms with E-state index >= 15 is 0 Å². The molecule has 0 amide bonds. The molecule has 5 N–H and O–H groups in total. The maximum absolute atomic E-state index is 12.4. The molecule has 0 saturated carbocycles. The van der Waals surface area contributed by atoms with Crippen LogP contribution in [0.15, 0.2) is 12.7 Å². The van der Waals surface area contributed by atoms with Crippen LogP contribution in [0.5, 0.6) is 0 Å². The largest absolute Gasteiger partial charge is 0.394 e. The highest BCUT2D eigenvalue weighted by molar-refractivity contribution is 7.40. The SMILES string of the molecule is CCC(C)[PH](=O)OC(C)(CC)CCOC([C@H](O)CO)n1cnc2c(N)[n+](O)cnc21. The Hall–Kier alpha value is -1.78. The molecule has 0 spiro atoms. The Bertz CT molecular complexity index is 865. The van der Waals surface area contributed by atoms with E-state index in [1.165, 1.54) is 10.9 Å². The van der Waals surface area contributed by atoms with Gasteiger partial charge in [0.15, 0.2) is 14.3 Å². The zero-order chi connectivity index (χ0) is 22.5. The maximum atomic E-state index is 12.4. The zero-order valence-corrected chi connectivity index (χ0v) is 18.9. The number of nitrogens with zero attached hydrogens (tertiary/aromatic N) is 4. The molecule has 2 aromatic heterocycles. The Morgan fingerprint density at radius 2 is 2.10 bits per heavy atom. The molecule has 2 heterocycles. The highest BCUT2D eigenvalue weighted by Crippen LogP contribution is 2.39. The number of aliphatic hydroxyl groups excluding tert-OH is 2. The molecule has 30 heavy (non-hydrogen) atoms. The van der Waals surface area contributed by atoms with Gasteiger partial charge in [0.1, 0.15) is 12.4 Å². The average Bonchev–Trinajstić information content (AvgIpc) is 3.17. The predicted octanol–water partition coefficient (Wildman–Crippen LogP) is 1.26. The number of nitrogen functional groups attached to an aromatic ring is 1. The monoisotopic (exact) mass is 446 g/mol. The van der Waals surface area contributed by atoms with Gasteiger partial charge < -0.3 is 30.4 Å². The van der Waals surface area contributed by atoms with Crippen molar-refractivity contribution in [2.24, 2.45) is 0 Å². The summed E-state index contributed by atoms with van der Waals surface area (Å²) >= 11 is 0. The second-order valence-corrected chi connectivity index (χ2v) is 9.42. The van der Waals surface area contributed by atoms with Crippen LogP contribution < -0.4 is 10.5 Å². The fourth-order valence-corrected chi connectivity index (χ4v) is 4.07. The number of hydrogen-bond donors (Lipinski definition) is 4. The van der Waals surface area contributed by atoms with Gasteiger partial charge in [0.2, 0.25) is 11.2 Å². The van der Waals surface area contributed by atoms with Crippen LogP contribution in [0.1, 0.15) is 53.2 Å². The predicted molar refractivity (Wildman–Crippen MR) is 111 cm³/mol. The maximum Gasteiger partial charge on any atom is 0.289 e. The van der Waals surface area contributed by atoms with Crippen molar-refractivity contribution in [3.05, 3.63) is 12.7 Å². The van der Waals surface area contributed by atoms with Crippen molar-refractivity contribution in [1.29, 1.82) is 0 Å². The quantitative estimate of drug-likeness (QED) is 0.214. The summed E-state index contributed by atoms with van der Waals surface area (Å²) in [6, 6.07) is 0. The normalized spacial score (nSPS) is 18.1. The van der Waals surface area contributed by atoms with Crippen molar-refractivity contribution in [2.75, 3.05) is 18.9 Å². The number of aromatic nitrogens is 4. The lowest BCUT2D eigenvalue weighted by Gasteiger charge is -2.31. The van der Waals surface area contributed by atoms with Crippen LogP contribution in [0, 0.1) is 0 Å². The molecule has 4 unspecified atom stereocenters. The van der Waals surface area contributed by atoms with Crippen molar-refractivity contribution in [3.63, 3.8) is 0 Å². The molecule has 0 fully saturated rings. The molecule has 0 aromatic carbocycles. The third kappa shape index (κ3) is 5.47. The lowest BCUT2D eigenvalue weighted by Crippen LogP contribution is -2.35. The number of imidazole rings is 1. The molecule has 0 bridgehead atoms. The van der Waals surface area contributed by atoms with Crippen LogP contribution in [0.25, 0.3) is 11.2 Å². The van der Waals surface area contributed by atoms with Crippen molar-refractivity contribution in [2.45, 2.75) is 70.5 Å². The highest BCUT2D eigenvalue weighted by atomic mass is 31.1. The van der Waals surface area contributed by atoms with Gasteiger partial charge in [-0.25, -0.2) is 4.98 Å². The van der Waals surface area contributed by atoms with Crippen molar-refractivity contribution < 1.29 is 34.0 Å². The van der Waals surface area contributed by atoms with E-state index in [0.29, 0.717) is 17.6 Å². The Kier molecular flexibility index (Phi) is 8.57.